The van der Waals surface area contributed by atoms with E-state index in [1.807, 2.05) is 0 Å². The summed E-state index contributed by atoms with van der Waals surface area (Å²) in [6.07, 6.45) is 46.9. The Morgan fingerprint density at radius 1 is 0.486 bits per heavy atom. The van der Waals surface area contributed by atoms with Gasteiger partial charge in [0.05, 0.1) is 25.4 Å². The maximum Gasteiger partial charge on any atom is 0.249 e. The summed E-state index contributed by atoms with van der Waals surface area (Å²) in [6.45, 7) is 3.44. The Balaban J connectivity index is 2.20. The van der Waals surface area contributed by atoms with Crippen molar-refractivity contribution in [3.63, 3.8) is 0 Å². The lowest BCUT2D eigenvalue weighted by atomic mass is 9.98. The van der Waals surface area contributed by atoms with Crippen LogP contribution < -0.4 is 5.32 Å². The molecule has 11 nitrogen and oxygen atoms in total. The van der Waals surface area contributed by atoms with Gasteiger partial charge in [0.15, 0.2) is 6.29 Å². The van der Waals surface area contributed by atoms with E-state index < -0.39 is 74.2 Å². The van der Waals surface area contributed by atoms with E-state index in [-0.39, 0.29) is 12.8 Å². The monoisotopic (exact) mass is 996 g/mol. The van der Waals surface area contributed by atoms with Crippen LogP contribution in [0.15, 0.2) is 24.3 Å². The average Bonchev–Trinajstić information content (AvgIpc) is 3.36. The predicted octanol–water partition coefficient (Wildman–Crippen LogP) is 12.5. The van der Waals surface area contributed by atoms with Crippen molar-refractivity contribution in [3.8, 4) is 0 Å². The molecule has 1 aliphatic rings. The smallest absolute Gasteiger partial charge is 0.249 e. The van der Waals surface area contributed by atoms with Crippen LogP contribution in [0.2, 0.25) is 0 Å². The van der Waals surface area contributed by atoms with Gasteiger partial charge in [-0.2, -0.15) is 0 Å². The molecular formula is C59H113NO10. The Morgan fingerprint density at radius 2 is 0.843 bits per heavy atom. The molecule has 0 aliphatic carbocycles. The normalized spacial score (nSPS) is 20.4. The highest BCUT2D eigenvalue weighted by molar-refractivity contribution is 5.80. The zero-order chi connectivity index (χ0) is 51.1. The average molecular weight is 997 g/mol. The highest BCUT2D eigenvalue weighted by Gasteiger charge is 2.44. The first-order valence-electron chi connectivity index (χ1n) is 29.7. The van der Waals surface area contributed by atoms with Crippen molar-refractivity contribution < 1.29 is 50.0 Å². The van der Waals surface area contributed by atoms with Crippen molar-refractivity contribution in [2.24, 2.45) is 0 Å². The number of carbonyl (C=O) groups excluding carboxylic acids is 1. The van der Waals surface area contributed by atoms with Gasteiger partial charge in [-0.25, -0.2) is 0 Å². The van der Waals surface area contributed by atoms with Crippen molar-refractivity contribution in [2.45, 2.75) is 332 Å². The molecule has 414 valence electrons. The third-order valence-electron chi connectivity index (χ3n) is 14.5. The summed E-state index contributed by atoms with van der Waals surface area (Å²) < 4.78 is 11.1. The van der Waals surface area contributed by atoms with Crippen molar-refractivity contribution in [1.82, 2.24) is 5.32 Å². The molecule has 0 spiro atoms. The lowest BCUT2D eigenvalue weighted by Crippen LogP contribution is -2.60. The molecule has 1 rings (SSSR count). The minimum absolute atomic E-state index is 0.256. The lowest BCUT2D eigenvalue weighted by Gasteiger charge is -2.40. The summed E-state index contributed by atoms with van der Waals surface area (Å²) in [5.41, 5.74) is 0. The van der Waals surface area contributed by atoms with Gasteiger partial charge in [-0.3, -0.25) is 4.79 Å². The van der Waals surface area contributed by atoms with Gasteiger partial charge < -0.3 is 50.5 Å². The van der Waals surface area contributed by atoms with E-state index in [4.69, 9.17) is 9.47 Å². The molecule has 0 saturated carbocycles. The third-order valence-corrected chi connectivity index (χ3v) is 14.5. The number of rotatable bonds is 51. The summed E-state index contributed by atoms with van der Waals surface area (Å²) in [5.74, 6) is -0.704. The molecule has 1 amide bonds. The zero-order valence-electron chi connectivity index (χ0n) is 45.3. The van der Waals surface area contributed by atoms with Crippen LogP contribution in [0.3, 0.4) is 0 Å². The van der Waals surface area contributed by atoms with E-state index in [1.54, 1.807) is 0 Å². The largest absolute Gasteiger partial charge is 0.394 e. The fraction of sp³-hybridized carbons (Fsp3) is 0.915. The molecule has 11 heteroatoms. The van der Waals surface area contributed by atoms with Gasteiger partial charge in [0, 0.05) is 0 Å². The number of unbranched alkanes of at least 4 members (excludes halogenated alkanes) is 35. The number of carbonyl (C=O) groups is 1. The van der Waals surface area contributed by atoms with Crippen LogP contribution in [0.4, 0.5) is 0 Å². The summed E-state index contributed by atoms with van der Waals surface area (Å²) >= 11 is 0. The molecule has 9 unspecified atom stereocenters. The Morgan fingerprint density at radius 3 is 1.23 bits per heavy atom. The molecule has 0 aromatic heterocycles. The van der Waals surface area contributed by atoms with Crippen molar-refractivity contribution >= 4 is 5.91 Å². The molecule has 1 saturated heterocycles. The Hall–Kier alpha value is -1.41. The van der Waals surface area contributed by atoms with Crippen LogP contribution in [0, 0.1) is 0 Å². The van der Waals surface area contributed by atoms with Gasteiger partial charge in [-0.05, 0) is 64.2 Å². The van der Waals surface area contributed by atoms with E-state index in [9.17, 15) is 40.5 Å². The second-order valence-corrected chi connectivity index (χ2v) is 21.1. The molecule has 0 aromatic carbocycles. The van der Waals surface area contributed by atoms with E-state index in [1.165, 1.54) is 199 Å². The van der Waals surface area contributed by atoms with E-state index in [0.29, 0.717) is 12.8 Å². The summed E-state index contributed by atoms with van der Waals surface area (Å²) in [6, 6.07) is -1.18. The zero-order valence-corrected chi connectivity index (χ0v) is 45.3. The maximum absolute atomic E-state index is 13.2. The highest BCUT2D eigenvalue weighted by atomic mass is 16.7. The molecule has 0 bridgehead atoms. The van der Waals surface area contributed by atoms with E-state index in [0.717, 1.165) is 38.5 Å². The van der Waals surface area contributed by atoms with Crippen molar-refractivity contribution in [3.05, 3.63) is 24.3 Å². The number of amides is 1. The van der Waals surface area contributed by atoms with Crippen LogP contribution in [-0.2, 0) is 14.3 Å². The number of hydrogen-bond acceptors (Lipinski definition) is 10. The van der Waals surface area contributed by atoms with Gasteiger partial charge in [0.25, 0.3) is 0 Å². The number of nitrogens with one attached hydrogen (secondary N) is 1. The maximum atomic E-state index is 13.2. The van der Waals surface area contributed by atoms with Crippen molar-refractivity contribution in [2.75, 3.05) is 13.2 Å². The van der Waals surface area contributed by atoms with Crippen molar-refractivity contribution in [1.29, 1.82) is 0 Å². The summed E-state index contributed by atoms with van der Waals surface area (Å²) in [5, 5.41) is 75.9. The lowest BCUT2D eigenvalue weighted by molar-refractivity contribution is -0.303. The third kappa shape index (κ3) is 36.5. The molecule has 70 heavy (non-hydrogen) atoms. The Bertz CT molecular complexity index is 1190. The number of ether oxygens (including phenoxy) is 2. The molecule has 1 heterocycles. The topological polar surface area (TPSA) is 189 Å². The fourth-order valence-electron chi connectivity index (χ4n) is 9.61. The number of aliphatic hydroxyl groups excluding tert-OH is 7. The molecular weight excluding hydrogens is 883 g/mol. The number of allylic oxidation sites excluding steroid dienone is 4. The molecule has 0 aromatic rings. The quantitative estimate of drug-likeness (QED) is 0.0215. The van der Waals surface area contributed by atoms with Gasteiger partial charge in [0.2, 0.25) is 5.91 Å². The van der Waals surface area contributed by atoms with Crippen LogP contribution in [0.5, 0.6) is 0 Å². The summed E-state index contributed by atoms with van der Waals surface area (Å²) in [4.78, 5) is 13.2. The van der Waals surface area contributed by atoms with E-state index in [2.05, 4.69) is 43.5 Å². The molecule has 1 aliphatic heterocycles. The van der Waals surface area contributed by atoms with E-state index >= 15 is 0 Å². The first-order chi connectivity index (χ1) is 34.2. The van der Waals surface area contributed by atoms with Gasteiger partial charge >= 0.3 is 0 Å². The number of aliphatic hydroxyl groups is 7. The highest BCUT2D eigenvalue weighted by Crippen LogP contribution is 2.23. The fourth-order valence-corrected chi connectivity index (χ4v) is 9.61. The molecule has 9 atom stereocenters. The Labute approximate surface area is 429 Å². The summed E-state index contributed by atoms with van der Waals surface area (Å²) in [7, 11) is 0. The second-order valence-electron chi connectivity index (χ2n) is 21.1. The first-order valence-corrected chi connectivity index (χ1v) is 29.7. The molecule has 1 fully saturated rings. The molecule has 0 radical (unpaired) electrons. The standard InChI is InChI=1S/C59H113NO10/c1-3-5-7-9-11-13-15-17-18-19-20-21-22-23-24-25-26-27-28-29-30-31-32-33-34-35-37-39-41-43-45-47-52(63)58(68)60-50(49-69-59-57(67)56(66)55(65)53(48-61)70-59)54(64)51(62)46-44-42-40-38-36-16-14-12-10-8-6-4-2/h23-24,38,40,50-57,59,61-67H,3-22,25-37,39,41-49H2,1-2H3,(H,60,68)/b24-23-,40-38+. The minimum atomic E-state index is -1.67. The van der Waals surface area contributed by atoms with Gasteiger partial charge in [-0.1, -0.05) is 237 Å². The van der Waals surface area contributed by atoms with Crippen LogP contribution in [-0.4, -0.2) is 110 Å². The Kier molecular flexibility index (Phi) is 46.2. The SMILES string of the molecule is CCCCCCCCC/C=C/CCCC(O)C(O)C(COC1OC(CO)C(O)C(O)C1O)NC(=O)C(O)CCCCCCCCCCCCCCCCC/C=C\CCCCCCCCCCCCCC. The van der Waals surface area contributed by atoms with Gasteiger partial charge in [0.1, 0.15) is 36.6 Å². The number of hydrogen-bond donors (Lipinski definition) is 8. The predicted molar refractivity (Wildman–Crippen MR) is 289 cm³/mol. The second kappa shape index (κ2) is 48.5. The van der Waals surface area contributed by atoms with Crippen LogP contribution in [0.25, 0.3) is 0 Å². The first kappa shape index (κ1) is 66.6. The molecule has 8 N–H and O–H groups in total. The minimum Gasteiger partial charge on any atom is -0.394 e. The van der Waals surface area contributed by atoms with Crippen LogP contribution in [0.1, 0.15) is 277 Å². The van der Waals surface area contributed by atoms with Gasteiger partial charge in [-0.15, -0.1) is 0 Å². The van der Waals surface area contributed by atoms with Crippen LogP contribution >= 0.6 is 0 Å².